The maximum atomic E-state index is 11.3. The molecule has 0 aromatic carbocycles. The Bertz CT molecular complexity index is 700. The number of carbonyl (C=O) groups is 3. The second kappa shape index (κ2) is 34.6. The molecule has 0 saturated carbocycles. The van der Waals surface area contributed by atoms with Crippen molar-refractivity contribution in [1.82, 2.24) is 0 Å². The monoisotopic (exact) mass is 668 g/mol. The number of likely N-dealkylation sites (tertiary alicyclic amines) is 1. The summed E-state index contributed by atoms with van der Waals surface area (Å²) < 4.78 is 20.1. The summed E-state index contributed by atoms with van der Waals surface area (Å²) in [4.78, 5) is 31.5. The van der Waals surface area contributed by atoms with Crippen molar-refractivity contribution >= 4 is 36.5 Å². The predicted molar refractivity (Wildman–Crippen MR) is 176 cm³/mol. The fourth-order valence-corrected chi connectivity index (χ4v) is 10.2. The topological polar surface area (TPSA) is 171 Å². The van der Waals surface area contributed by atoms with Gasteiger partial charge in [-0.25, -0.2) is 13.8 Å². The molecule has 1 fully saturated rings. The van der Waals surface area contributed by atoms with Crippen LogP contribution in [0.4, 0.5) is 0 Å². The van der Waals surface area contributed by atoms with E-state index >= 15 is 0 Å². The average Bonchev–Trinajstić information content (AvgIpc) is 3.42. The Labute approximate surface area is 271 Å². The van der Waals surface area contributed by atoms with Gasteiger partial charge >= 0.3 is 11.9 Å². The van der Waals surface area contributed by atoms with Gasteiger partial charge in [0.05, 0.1) is 61.5 Å². The molecule has 1 rings (SSSR count). The molecule has 0 aromatic rings. The zero-order chi connectivity index (χ0) is 34.1. The van der Waals surface area contributed by atoms with Gasteiger partial charge in [-0.3, -0.25) is 4.90 Å². The molecule has 2 unspecified atom stereocenters. The van der Waals surface area contributed by atoms with E-state index in [9.17, 15) is 19.5 Å². The fourth-order valence-electron chi connectivity index (χ4n) is 4.95. The maximum absolute atomic E-state index is 11.3. The average molecular weight is 669 g/mol. The van der Waals surface area contributed by atoms with E-state index in [1.165, 1.54) is 94.8 Å². The standard InChI is InChI=1S/C16H36P.C12H23NO.C4H4O4.H2O4S/c1-5-9-13-17(14-10-6-2,15-11-7-3)16-12-8-4;1-2-3-4-5-6-7-10-13-11-8-9-12(13)14;5-3(6)1-2-4(7)8;1-4-5(2)3/h5-16H2,1-4H3;2-11H2,1H3;1-2H,(H,5,6)(H,7,8);1H,(H,2,3)/q+1;;;/p-2/b;;2-1-;. The van der Waals surface area contributed by atoms with Crippen molar-refractivity contribution in [3.05, 3.63) is 12.2 Å². The Morgan fingerprint density at radius 1 is 0.818 bits per heavy atom. The first-order valence-electron chi connectivity index (χ1n) is 16.7. The molecule has 1 aliphatic heterocycles. The minimum atomic E-state index is -2.88. The SMILES string of the molecule is CCCCCCCC[NH+]1CCCC1=O.CCCC[P+](CCCC)(CCCC)CCCC.O=C([O-])/C=C\C(=O)O.O=S([O-])O[O-]. The van der Waals surface area contributed by atoms with Gasteiger partial charge in [-0.15, -0.1) is 0 Å². The highest BCUT2D eigenvalue weighted by molar-refractivity contribution is 7.75. The van der Waals surface area contributed by atoms with E-state index in [1.54, 1.807) is 24.6 Å². The van der Waals surface area contributed by atoms with Crippen LogP contribution in [0, 0.1) is 0 Å². The number of carboxylic acids is 2. The molecule has 12 heteroatoms. The molecule has 1 aliphatic rings. The van der Waals surface area contributed by atoms with Crippen LogP contribution < -0.4 is 15.3 Å². The second-order valence-electron chi connectivity index (χ2n) is 11.3. The summed E-state index contributed by atoms with van der Waals surface area (Å²) in [7, 11) is -0.562. The van der Waals surface area contributed by atoms with Crippen LogP contribution in [0.2, 0.25) is 0 Å². The summed E-state index contributed by atoms with van der Waals surface area (Å²) in [6, 6.07) is 0. The first kappa shape index (κ1) is 47.2. The van der Waals surface area contributed by atoms with Crippen LogP contribution in [0.3, 0.4) is 0 Å². The fraction of sp³-hybridized carbons (Fsp3) is 0.844. The van der Waals surface area contributed by atoms with Gasteiger partial charge in [0, 0.05) is 19.8 Å². The molecule has 1 heterocycles. The summed E-state index contributed by atoms with van der Waals surface area (Å²) in [5.41, 5.74) is 0. The van der Waals surface area contributed by atoms with Crippen molar-refractivity contribution in [1.29, 1.82) is 0 Å². The first-order chi connectivity index (χ1) is 21.0. The second-order valence-corrected chi connectivity index (χ2v) is 16.3. The molecule has 2 N–H and O–H groups in total. The summed E-state index contributed by atoms with van der Waals surface area (Å²) in [5.74, 6) is -2.35. The van der Waals surface area contributed by atoms with Crippen LogP contribution >= 0.6 is 7.26 Å². The molecule has 0 aliphatic carbocycles. The number of aliphatic carboxylic acids is 2. The smallest absolute Gasteiger partial charge is 0.328 e. The van der Waals surface area contributed by atoms with Gasteiger partial charge in [0.1, 0.15) is 0 Å². The lowest BCUT2D eigenvalue weighted by molar-refractivity contribution is -0.811. The third kappa shape index (κ3) is 33.7. The molecule has 0 radical (unpaired) electrons. The van der Waals surface area contributed by atoms with Crippen molar-refractivity contribution in [2.75, 3.05) is 37.7 Å². The van der Waals surface area contributed by atoms with E-state index in [1.807, 2.05) is 0 Å². The van der Waals surface area contributed by atoms with E-state index in [-0.39, 0.29) is 0 Å². The quantitative estimate of drug-likeness (QED) is 0.0428. The van der Waals surface area contributed by atoms with E-state index in [2.05, 4.69) is 39.0 Å². The van der Waals surface area contributed by atoms with Gasteiger partial charge in [-0.05, 0) is 44.6 Å². The van der Waals surface area contributed by atoms with Crippen LogP contribution in [0.15, 0.2) is 12.2 Å². The molecule has 44 heavy (non-hydrogen) atoms. The van der Waals surface area contributed by atoms with Crippen molar-refractivity contribution in [3.63, 3.8) is 0 Å². The van der Waals surface area contributed by atoms with E-state index in [4.69, 9.17) is 19.1 Å². The number of amides is 1. The van der Waals surface area contributed by atoms with Gasteiger partial charge in [-0.1, -0.05) is 86.0 Å². The molecule has 2 atom stereocenters. The van der Waals surface area contributed by atoms with Crippen LogP contribution in [0.25, 0.3) is 0 Å². The third-order valence-corrected chi connectivity index (χ3v) is 12.6. The summed E-state index contributed by atoms with van der Waals surface area (Å²) in [5, 5.41) is 25.7. The Morgan fingerprint density at radius 2 is 1.23 bits per heavy atom. The molecule has 262 valence electrons. The molecule has 0 aromatic heterocycles. The van der Waals surface area contributed by atoms with E-state index in [0.29, 0.717) is 18.1 Å². The molecule has 0 bridgehead atoms. The van der Waals surface area contributed by atoms with Crippen molar-refractivity contribution in [2.45, 2.75) is 137 Å². The molecule has 0 spiro atoms. The number of carbonyl (C=O) groups excluding carboxylic acids is 2. The predicted octanol–water partition coefficient (Wildman–Crippen LogP) is 4.21. The van der Waals surface area contributed by atoms with Crippen LogP contribution in [-0.4, -0.2) is 69.5 Å². The Balaban J connectivity index is -0.000000556. The Morgan fingerprint density at radius 3 is 1.52 bits per heavy atom. The molecular weight excluding hydrogens is 605 g/mol. The maximum Gasteiger partial charge on any atom is 0.328 e. The van der Waals surface area contributed by atoms with Crippen molar-refractivity contribution < 1.29 is 47.8 Å². The van der Waals surface area contributed by atoms with Gasteiger partial charge in [0.15, 0.2) is 0 Å². The van der Waals surface area contributed by atoms with Gasteiger partial charge in [-0.2, -0.15) is 0 Å². The lowest BCUT2D eigenvalue weighted by Gasteiger charge is -2.28. The largest absolute Gasteiger partial charge is 0.750 e. The van der Waals surface area contributed by atoms with Gasteiger partial charge in [0.25, 0.3) is 0 Å². The molecular formula is C32H63NO9PS-. The highest BCUT2D eigenvalue weighted by Crippen LogP contribution is 2.61. The zero-order valence-corrected chi connectivity index (χ0v) is 30.0. The molecule has 10 nitrogen and oxygen atoms in total. The third-order valence-electron chi connectivity index (χ3n) is 7.47. The number of nitrogens with one attached hydrogen (secondary N) is 1. The Hall–Kier alpha value is -1.23. The molecule has 1 saturated heterocycles. The molecule has 1 amide bonds. The van der Waals surface area contributed by atoms with Crippen LogP contribution in [0.1, 0.15) is 137 Å². The number of unbranched alkanes of at least 4 members (excludes halogenated alkanes) is 9. The number of hydrogen-bond donors (Lipinski definition) is 2. The summed E-state index contributed by atoms with van der Waals surface area (Å²) >= 11 is -2.88. The van der Waals surface area contributed by atoms with Crippen LogP contribution in [0.5, 0.6) is 0 Å². The highest BCUT2D eigenvalue weighted by atomic mass is 32.2. The number of rotatable bonds is 22. The summed E-state index contributed by atoms with van der Waals surface area (Å²) in [6.45, 7) is 13.8. The lowest BCUT2D eigenvalue weighted by Crippen LogP contribution is -3.12. The number of quaternary nitrogens is 1. The lowest BCUT2D eigenvalue weighted by atomic mass is 10.1. The van der Waals surface area contributed by atoms with Gasteiger partial charge < -0.3 is 29.2 Å². The Kier molecular flexibility index (Phi) is 37.1. The minimum absolute atomic E-state index is 0.447. The first-order valence-corrected chi connectivity index (χ1v) is 20.3. The summed E-state index contributed by atoms with van der Waals surface area (Å²) in [6.07, 6.45) is 28.8. The van der Waals surface area contributed by atoms with E-state index in [0.717, 1.165) is 25.9 Å². The van der Waals surface area contributed by atoms with Crippen LogP contribution in [-0.2, 0) is 30.1 Å². The van der Waals surface area contributed by atoms with E-state index < -0.39 is 30.6 Å². The highest BCUT2D eigenvalue weighted by Gasteiger charge is 2.34. The number of carboxylic acid groups (broad SMARTS) is 2. The van der Waals surface area contributed by atoms with Gasteiger partial charge in [0.2, 0.25) is 0 Å². The number of hydrogen-bond acceptors (Lipinski definition) is 8. The van der Waals surface area contributed by atoms with Crippen molar-refractivity contribution in [3.8, 4) is 0 Å². The minimum Gasteiger partial charge on any atom is -0.750 e. The zero-order valence-electron chi connectivity index (χ0n) is 28.3. The van der Waals surface area contributed by atoms with Crippen molar-refractivity contribution in [2.24, 2.45) is 0 Å². The normalized spacial score (nSPS) is 15.0.